The molecule has 0 saturated carbocycles. The molecule has 0 heterocycles. The van der Waals surface area contributed by atoms with E-state index in [1.54, 1.807) is 26.8 Å². The number of amides is 2. The predicted octanol–water partition coefficient (Wildman–Crippen LogP) is 2.43. The van der Waals surface area contributed by atoms with Crippen LogP contribution in [0, 0.1) is 12.3 Å². The first-order valence-corrected chi connectivity index (χ1v) is 10.2. The summed E-state index contributed by atoms with van der Waals surface area (Å²) < 4.78 is 21.8. The van der Waals surface area contributed by atoms with Crippen molar-refractivity contribution in [3.05, 3.63) is 12.7 Å². The maximum absolute atomic E-state index is 12.5. The van der Waals surface area contributed by atoms with Gasteiger partial charge in [-0.2, -0.15) is 0 Å². The number of nitrogens with one attached hydrogen (secondary N) is 2. The second-order valence-corrected chi connectivity index (χ2v) is 7.85. The number of unbranched alkanes of at least 4 members (excludes halogenated alkanes) is 1. The number of ether oxygens (including phenoxy) is 4. The van der Waals surface area contributed by atoms with Crippen molar-refractivity contribution < 1.29 is 28.5 Å². The average Bonchev–Trinajstić information content (AvgIpc) is 2.65. The van der Waals surface area contributed by atoms with Crippen molar-refractivity contribution in [1.29, 1.82) is 0 Å². The van der Waals surface area contributed by atoms with Gasteiger partial charge < -0.3 is 29.6 Å². The molecule has 2 amide bonds. The fraction of sp³-hybridized carbons (Fsp3) is 0.727. The number of terminal acetylenes is 1. The Hall–Kier alpha value is -2.08. The number of hydrogen-bond acceptors (Lipinski definition) is 6. The zero-order chi connectivity index (χ0) is 22.9. The molecule has 0 aliphatic carbocycles. The Balaban J connectivity index is 4.60. The van der Waals surface area contributed by atoms with Crippen LogP contribution in [0.5, 0.6) is 0 Å². The maximum Gasteiger partial charge on any atom is 0.407 e. The van der Waals surface area contributed by atoms with E-state index in [4.69, 9.17) is 25.4 Å². The Kier molecular flexibility index (Phi) is 14.6. The monoisotopic (exact) mass is 426 g/mol. The minimum atomic E-state index is -0.846. The summed E-state index contributed by atoms with van der Waals surface area (Å²) in [6, 6.07) is 0. The fourth-order valence-electron chi connectivity index (χ4n) is 2.45. The molecule has 1 atom stereocenters. The van der Waals surface area contributed by atoms with Crippen molar-refractivity contribution in [3.63, 3.8) is 0 Å². The van der Waals surface area contributed by atoms with Crippen LogP contribution in [0.2, 0.25) is 0 Å². The molecule has 0 aromatic heterocycles. The van der Waals surface area contributed by atoms with Gasteiger partial charge in [0.2, 0.25) is 5.91 Å². The lowest BCUT2D eigenvalue weighted by Crippen LogP contribution is -2.58. The standard InChI is InChI=1S/C22H38N2O6/c1-7-14-28-17-22(16-27-9-3,18-29-15-8-2)24-19(25)12-10-11-13-23-20(26)30-21(4,5)6/h1,8H,2,9-18H2,3-6H3,(H,23,26)(H,24,25). The molecule has 0 radical (unpaired) electrons. The Bertz CT molecular complexity index is 553. The smallest absolute Gasteiger partial charge is 0.407 e. The molecule has 0 rings (SSSR count). The SMILES string of the molecule is C#CCOCC(COCC)(COCC=C)NC(=O)CCCCNC(=O)OC(C)(C)C. The summed E-state index contributed by atoms with van der Waals surface area (Å²) in [7, 11) is 0. The Morgan fingerprint density at radius 2 is 1.77 bits per heavy atom. The molecule has 0 bridgehead atoms. The van der Waals surface area contributed by atoms with Gasteiger partial charge in [-0.25, -0.2) is 4.79 Å². The number of alkyl carbamates (subject to hydrolysis) is 1. The fourth-order valence-corrected chi connectivity index (χ4v) is 2.45. The highest BCUT2D eigenvalue weighted by molar-refractivity contribution is 5.76. The number of hydrogen-bond donors (Lipinski definition) is 2. The summed E-state index contributed by atoms with van der Waals surface area (Å²) in [4.78, 5) is 24.1. The summed E-state index contributed by atoms with van der Waals surface area (Å²) in [6.07, 6.45) is 7.96. The van der Waals surface area contributed by atoms with Gasteiger partial charge in [-0.3, -0.25) is 4.79 Å². The van der Waals surface area contributed by atoms with Crippen LogP contribution in [-0.4, -0.2) is 69.3 Å². The molecule has 0 saturated heterocycles. The average molecular weight is 427 g/mol. The van der Waals surface area contributed by atoms with Gasteiger partial charge in [-0.15, -0.1) is 13.0 Å². The van der Waals surface area contributed by atoms with E-state index in [0.29, 0.717) is 39.0 Å². The van der Waals surface area contributed by atoms with Crippen LogP contribution in [0.4, 0.5) is 4.79 Å². The number of carbonyl (C=O) groups is 2. The highest BCUT2D eigenvalue weighted by Crippen LogP contribution is 2.11. The van der Waals surface area contributed by atoms with Gasteiger partial charge in [0.05, 0.1) is 26.4 Å². The van der Waals surface area contributed by atoms with Crippen molar-refractivity contribution in [2.24, 2.45) is 0 Å². The lowest BCUT2D eigenvalue weighted by atomic mass is 10.0. The van der Waals surface area contributed by atoms with Crippen molar-refractivity contribution in [3.8, 4) is 12.3 Å². The van der Waals surface area contributed by atoms with Gasteiger partial charge in [0.25, 0.3) is 0 Å². The van der Waals surface area contributed by atoms with E-state index in [1.165, 1.54) is 0 Å². The molecule has 0 aromatic carbocycles. The Morgan fingerprint density at radius 1 is 1.10 bits per heavy atom. The van der Waals surface area contributed by atoms with E-state index in [1.807, 2.05) is 6.92 Å². The van der Waals surface area contributed by atoms with Crippen LogP contribution in [0.1, 0.15) is 47.0 Å². The van der Waals surface area contributed by atoms with Gasteiger partial charge in [0.1, 0.15) is 17.7 Å². The lowest BCUT2D eigenvalue weighted by molar-refractivity contribution is -0.127. The highest BCUT2D eigenvalue weighted by atomic mass is 16.6. The third-order valence-corrected chi connectivity index (χ3v) is 3.66. The van der Waals surface area contributed by atoms with E-state index in [-0.39, 0.29) is 32.3 Å². The summed E-state index contributed by atoms with van der Waals surface area (Å²) in [5.74, 6) is 2.26. The number of rotatable bonds is 16. The predicted molar refractivity (Wildman–Crippen MR) is 116 cm³/mol. The van der Waals surface area contributed by atoms with Crippen molar-refractivity contribution in [1.82, 2.24) is 10.6 Å². The van der Waals surface area contributed by atoms with Crippen LogP contribution in [0.25, 0.3) is 0 Å². The van der Waals surface area contributed by atoms with Gasteiger partial charge >= 0.3 is 6.09 Å². The van der Waals surface area contributed by atoms with Crippen LogP contribution >= 0.6 is 0 Å². The van der Waals surface area contributed by atoms with Gasteiger partial charge in [0, 0.05) is 19.6 Å². The lowest BCUT2D eigenvalue weighted by Gasteiger charge is -2.34. The molecule has 30 heavy (non-hydrogen) atoms. The van der Waals surface area contributed by atoms with E-state index in [9.17, 15) is 9.59 Å². The minimum Gasteiger partial charge on any atom is -0.444 e. The normalized spacial score (nSPS) is 13.0. The first kappa shape index (κ1) is 27.9. The number of carbonyl (C=O) groups excluding carboxylic acids is 2. The minimum absolute atomic E-state index is 0.127. The molecule has 0 aliphatic heterocycles. The molecular weight excluding hydrogens is 388 g/mol. The quantitative estimate of drug-likeness (QED) is 0.224. The third kappa shape index (κ3) is 14.9. The zero-order valence-corrected chi connectivity index (χ0v) is 18.9. The van der Waals surface area contributed by atoms with Crippen LogP contribution < -0.4 is 10.6 Å². The highest BCUT2D eigenvalue weighted by Gasteiger charge is 2.33. The molecule has 8 heteroatoms. The molecule has 0 spiro atoms. The van der Waals surface area contributed by atoms with Gasteiger partial charge in [-0.05, 0) is 40.5 Å². The molecule has 172 valence electrons. The van der Waals surface area contributed by atoms with E-state index in [2.05, 4.69) is 23.1 Å². The molecule has 0 aliphatic rings. The topological polar surface area (TPSA) is 95.1 Å². The zero-order valence-electron chi connectivity index (χ0n) is 18.9. The molecule has 8 nitrogen and oxygen atoms in total. The van der Waals surface area contributed by atoms with E-state index < -0.39 is 17.2 Å². The summed E-state index contributed by atoms with van der Waals surface area (Å²) >= 11 is 0. The van der Waals surface area contributed by atoms with Crippen molar-refractivity contribution >= 4 is 12.0 Å². The van der Waals surface area contributed by atoms with Crippen LogP contribution in [0.15, 0.2) is 12.7 Å². The second kappa shape index (κ2) is 15.7. The van der Waals surface area contributed by atoms with E-state index in [0.717, 1.165) is 0 Å². The molecule has 1 unspecified atom stereocenters. The maximum atomic E-state index is 12.5. The van der Waals surface area contributed by atoms with Crippen molar-refractivity contribution in [2.75, 3.05) is 46.2 Å². The molecule has 2 N–H and O–H groups in total. The summed E-state index contributed by atoms with van der Waals surface area (Å²) in [5, 5.41) is 5.66. The third-order valence-electron chi connectivity index (χ3n) is 3.66. The first-order valence-electron chi connectivity index (χ1n) is 10.2. The van der Waals surface area contributed by atoms with Crippen molar-refractivity contribution in [2.45, 2.75) is 58.1 Å². The summed E-state index contributed by atoms with van der Waals surface area (Å²) in [6.45, 7) is 12.9. The molecule has 0 aromatic rings. The van der Waals surface area contributed by atoms with Gasteiger partial charge in [-0.1, -0.05) is 12.0 Å². The molecular formula is C22H38N2O6. The van der Waals surface area contributed by atoms with E-state index >= 15 is 0 Å². The van der Waals surface area contributed by atoms with Crippen LogP contribution in [-0.2, 0) is 23.7 Å². The Morgan fingerprint density at radius 3 is 2.37 bits per heavy atom. The largest absolute Gasteiger partial charge is 0.444 e. The molecule has 0 fully saturated rings. The first-order chi connectivity index (χ1) is 14.2. The second-order valence-electron chi connectivity index (χ2n) is 7.85. The Labute approximate surface area is 181 Å². The summed E-state index contributed by atoms with van der Waals surface area (Å²) in [5.41, 5.74) is -1.38. The van der Waals surface area contributed by atoms with Gasteiger partial charge in [0.15, 0.2) is 0 Å². The van der Waals surface area contributed by atoms with Crippen LogP contribution in [0.3, 0.4) is 0 Å².